The molecule has 4 aliphatic rings. The molecule has 0 radical (unpaired) electrons. The van der Waals surface area contributed by atoms with Crippen molar-refractivity contribution in [2.24, 2.45) is 46.3 Å². The zero-order chi connectivity index (χ0) is 25.1. The highest BCUT2D eigenvalue weighted by Gasteiger charge is 2.66. The third kappa shape index (κ3) is 3.92. The van der Waals surface area contributed by atoms with Gasteiger partial charge in [0.2, 0.25) is 0 Å². The van der Waals surface area contributed by atoms with E-state index in [-0.39, 0.29) is 40.5 Å². The van der Waals surface area contributed by atoms with Crippen molar-refractivity contribution in [3.63, 3.8) is 0 Å². The molecule has 0 aromatic heterocycles. The second kappa shape index (κ2) is 8.91. The summed E-state index contributed by atoms with van der Waals surface area (Å²) in [7, 11) is 0. The van der Waals surface area contributed by atoms with Crippen LogP contribution in [0.3, 0.4) is 0 Å². The van der Waals surface area contributed by atoms with Gasteiger partial charge in [-0.05, 0) is 91.6 Å². The molecule has 0 bridgehead atoms. The van der Waals surface area contributed by atoms with Gasteiger partial charge in [0.15, 0.2) is 5.78 Å². The van der Waals surface area contributed by atoms with Gasteiger partial charge in [-0.25, -0.2) is 0 Å². The number of fused-ring (bicyclic) bond motifs is 5. The standard InChI is InChI=1S/C30H46O4/c1-18(2)19(3)8-9-20(4)23-12-15-30(33)25-17-27(32)26-16-22(34-21(5)31)10-13-28(26,6)24(25)11-14-29(23,30)7/h8-9,17-20,22-24,26,33H,10-16H2,1-7H3/b9-8+/t19-,20+,22-,23+,24-,26-,28+,29+,30+/m0/s1. The van der Waals surface area contributed by atoms with E-state index in [0.717, 1.165) is 44.1 Å². The fourth-order valence-electron chi connectivity index (χ4n) is 8.23. The molecule has 3 fully saturated rings. The quantitative estimate of drug-likeness (QED) is 0.380. The van der Waals surface area contributed by atoms with E-state index in [4.69, 9.17) is 4.74 Å². The van der Waals surface area contributed by atoms with Gasteiger partial charge in [0, 0.05) is 18.3 Å². The molecule has 0 aromatic rings. The van der Waals surface area contributed by atoms with Crippen LogP contribution in [0.1, 0.15) is 93.4 Å². The second-order valence-corrected chi connectivity index (χ2v) is 12.9. The lowest BCUT2D eigenvalue weighted by molar-refractivity contribution is -0.158. The number of ether oxygens (including phenoxy) is 1. The van der Waals surface area contributed by atoms with Crippen LogP contribution in [0.5, 0.6) is 0 Å². The Bertz CT molecular complexity index is 886. The van der Waals surface area contributed by atoms with E-state index in [1.54, 1.807) is 0 Å². The third-order valence-corrected chi connectivity index (χ3v) is 10.9. The van der Waals surface area contributed by atoms with Crippen LogP contribution in [0, 0.1) is 46.3 Å². The maximum atomic E-state index is 13.5. The van der Waals surface area contributed by atoms with E-state index in [9.17, 15) is 14.7 Å². The zero-order valence-corrected chi connectivity index (χ0v) is 22.4. The van der Waals surface area contributed by atoms with Crippen molar-refractivity contribution in [2.75, 3.05) is 0 Å². The van der Waals surface area contributed by atoms with Crippen molar-refractivity contribution in [1.29, 1.82) is 0 Å². The van der Waals surface area contributed by atoms with Crippen molar-refractivity contribution < 1.29 is 19.4 Å². The van der Waals surface area contributed by atoms with Gasteiger partial charge in [0.1, 0.15) is 6.10 Å². The number of rotatable bonds is 5. The molecule has 4 nitrogen and oxygen atoms in total. The number of ketones is 1. The predicted molar refractivity (Wildman–Crippen MR) is 135 cm³/mol. The largest absolute Gasteiger partial charge is 0.463 e. The van der Waals surface area contributed by atoms with Crippen LogP contribution >= 0.6 is 0 Å². The fourth-order valence-corrected chi connectivity index (χ4v) is 8.23. The molecule has 4 heteroatoms. The first-order chi connectivity index (χ1) is 15.8. The van der Waals surface area contributed by atoms with Gasteiger partial charge < -0.3 is 9.84 Å². The van der Waals surface area contributed by atoms with Crippen molar-refractivity contribution in [2.45, 2.75) is 105 Å². The molecule has 4 aliphatic carbocycles. The minimum Gasteiger partial charge on any atom is -0.463 e. The maximum Gasteiger partial charge on any atom is 0.302 e. The first kappa shape index (κ1) is 25.7. The SMILES string of the molecule is CC(=O)O[C@H]1CC[C@@]2(C)[C@@H](C1)C(=O)C=C1[C@@H]2CC[C@]2(C)[C@@H]([C@H](C)/C=C/[C@H](C)C(C)C)CC[C@@]12O. The third-order valence-electron chi connectivity index (χ3n) is 10.9. The molecule has 0 aliphatic heterocycles. The van der Waals surface area contributed by atoms with Gasteiger partial charge >= 0.3 is 5.97 Å². The average Bonchev–Trinajstić information content (AvgIpc) is 3.04. The molecule has 0 amide bonds. The Hall–Kier alpha value is -1.42. The van der Waals surface area contributed by atoms with Crippen molar-refractivity contribution in [3.05, 3.63) is 23.8 Å². The van der Waals surface area contributed by atoms with Gasteiger partial charge in [0.05, 0.1) is 5.60 Å². The van der Waals surface area contributed by atoms with Crippen LogP contribution in [0.2, 0.25) is 0 Å². The summed E-state index contributed by atoms with van der Waals surface area (Å²) in [5.41, 5.74) is -0.253. The maximum absolute atomic E-state index is 13.5. The summed E-state index contributed by atoms with van der Waals surface area (Å²) < 4.78 is 5.50. The summed E-state index contributed by atoms with van der Waals surface area (Å²) in [6.45, 7) is 15.1. The first-order valence-corrected chi connectivity index (χ1v) is 13.7. The fraction of sp³-hybridized carbons (Fsp3) is 0.800. The Labute approximate surface area is 206 Å². The summed E-state index contributed by atoms with van der Waals surface area (Å²) >= 11 is 0. The summed E-state index contributed by atoms with van der Waals surface area (Å²) in [5, 5.41) is 12.3. The molecule has 0 unspecified atom stereocenters. The van der Waals surface area contributed by atoms with E-state index >= 15 is 0 Å². The van der Waals surface area contributed by atoms with E-state index in [0.29, 0.717) is 30.1 Å². The predicted octanol–water partition coefficient (Wildman–Crippen LogP) is 6.28. The summed E-state index contributed by atoms with van der Waals surface area (Å²) in [5.74, 6) is 1.96. The normalized spacial score (nSPS) is 43.7. The number of hydrogen-bond donors (Lipinski definition) is 1. The minimum atomic E-state index is -0.900. The molecule has 0 saturated heterocycles. The van der Waals surface area contributed by atoms with Crippen molar-refractivity contribution in [3.8, 4) is 0 Å². The summed E-state index contributed by atoms with van der Waals surface area (Å²) in [6.07, 6.45) is 12.5. The molecule has 0 spiro atoms. The van der Waals surface area contributed by atoms with Gasteiger partial charge in [-0.15, -0.1) is 0 Å². The lowest BCUT2D eigenvalue weighted by Crippen LogP contribution is -2.59. The number of aliphatic hydroxyl groups is 1. The Kier molecular flexibility index (Phi) is 6.72. The molecule has 3 saturated carbocycles. The number of allylic oxidation sites excluding steroid dienone is 3. The van der Waals surface area contributed by atoms with Crippen LogP contribution in [-0.2, 0) is 14.3 Å². The first-order valence-electron chi connectivity index (χ1n) is 13.7. The van der Waals surface area contributed by atoms with Gasteiger partial charge in [-0.3, -0.25) is 9.59 Å². The molecule has 190 valence electrons. The topological polar surface area (TPSA) is 63.6 Å². The smallest absolute Gasteiger partial charge is 0.302 e. The van der Waals surface area contributed by atoms with Crippen LogP contribution in [0.15, 0.2) is 23.8 Å². The minimum absolute atomic E-state index is 0.121. The van der Waals surface area contributed by atoms with Crippen LogP contribution in [0.25, 0.3) is 0 Å². The number of hydrogen-bond acceptors (Lipinski definition) is 4. The molecule has 0 heterocycles. The highest BCUT2D eigenvalue weighted by molar-refractivity contribution is 5.95. The monoisotopic (exact) mass is 470 g/mol. The Balaban J connectivity index is 1.61. The number of esters is 1. The zero-order valence-electron chi connectivity index (χ0n) is 22.4. The molecule has 4 rings (SSSR count). The second-order valence-electron chi connectivity index (χ2n) is 12.9. The van der Waals surface area contributed by atoms with Crippen LogP contribution in [0.4, 0.5) is 0 Å². The van der Waals surface area contributed by atoms with Gasteiger partial charge in [0.25, 0.3) is 0 Å². The lowest BCUT2D eigenvalue weighted by atomic mass is 9.46. The molecule has 9 atom stereocenters. The molecule has 1 N–H and O–H groups in total. The van der Waals surface area contributed by atoms with E-state index in [1.165, 1.54) is 6.92 Å². The highest BCUT2D eigenvalue weighted by atomic mass is 16.5. The van der Waals surface area contributed by atoms with E-state index in [2.05, 4.69) is 53.7 Å². The number of carbonyl (C=O) groups is 2. The Morgan fingerprint density at radius 1 is 1.06 bits per heavy atom. The van der Waals surface area contributed by atoms with Gasteiger partial charge in [-0.1, -0.05) is 53.7 Å². The van der Waals surface area contributed by atoms with Crippen LogP contribution < -0.4 is 0 Å². The average molecular weight is 471 g/mol. The van der Waals surface area contributed by atoms with Crippen molar-refractivity contribution >= 4 is 11.8 Å². The summed E-state index contributed by atoms with van der Waals surface area (Å²) in [6, 6.07) is 0. The Morgan fingerprint density at radius 3 is 2.41 bits per heavy atom. The lowest BCUT2D eigenvalue weighted by Gasteiger charge is -2.59. The Morgan fingerprint density at radius 2 is 1.76 bits per heavy atom. The van der Waals surface area contributed by atoms with Crippen LogP contribution in [-0.4, -0.2) is 28.6 Å². The van der Waals surface area contributed by atoms with E-state index in [1.807, 2.05) is 6.08 Å². The summed E-state index contributed by atoms with van der Waals surface area (Å²) in [4.78, 5) is 25.0. The highest BCUT2D eigenvalue weighted by Crippen LogP contribution is 2.68. The number of carbonyl (C=O) groups excluding carboxylic acids is 2. The molecular weight excluding hydrogens is 424 g/mol. The molecular formula is C30H46O4. The van der Waals surface area contributed by atoms with Crippen molar-refractivity contribution in [1.82, 2.24) is 0 Å². The van der Waals surface area contributed by atoms with Gasteiger partial charge in [-0.2, -0.15) is 0 Å². The molecule has 34 heavy (non-hydrogen) atoms. The van der Waals surface area contributed by atoms with E-state index < -0.39 is 5.60 Å². The molecule has 0 aromatic carbocycles.